The minimum absolute atomic E-state index is 0.0841. The highest BCUT2D eigenvalue weighted by atomic mass is 16.2. The number of benzene rings is 2. The fourth-order valence-corrected chi connectivity index (χ4v) is 2.66. The molecule has 0 spiro atoms. The van der Waals surface area contributed by atoms with Crippen molar-refractivity contribution in [1.29, 1.82) is 0 Å². The Kier molecular flexibility index (Phi) is 4.43. The monoisotopic (exact) mass is 335 g/mol. The van der Waals surface area contributed by atoms with Crippen molar-refractivity contribution in [3.05, 3.63) is 70.1 Å². The molecular formula is C19H17N3O3. The van der Waals surface area contributed by atoms with Gasteiger partial charge in [-0.15, -0.1) is 0 Å². The van der Waals surface area contributed by atoms with Crippen molar-refractivity contribution in [3.63, 3.8) is 0 Å². The van der Waals surface area contributed by atoms with Crippen LogP contribution in [0, 0.1) is 6.92 Å². The minimum Gasteiger partial charge on any atom is -0.324 e. The van der Waals surface area contributed by atoms with Crippen molar-refractivity contribution in [3.8, 4) is 0 Å². The fraction of sp³-hybridized carbons (Fsp3) is 0.158. The normalized spacial score (nSPS) is 10.6. The molecule has 0 fully saturated rings. The SMILES string of the molecule is CC(=O)c1cccc(NC(=O)Cn2nc(C)c3ccccc3c2=O)c1. The zero-order valence-electron chi connectivity index (χ0n) is 13.9. The van der Waals surface area contributed by atoms with Gasteiger partial charge in [-0.3, -0.25) is 14.4 Å². The average molecular weight is 335 g/mol. The number of anilines is 1. The van der Waals surface area contributed by atoms with E-state index in [0.29, 0.717) is 22.3 Å². The molecule has 0 atom stereocenters. The largest absolute Gasteiger partial charge is 0.324 e. The van der Waals surface area contributed by atoms with Crippen LogP contribution in [0.5, 0.6) is 0 Å². The number of carbonyl (C=O) groups is 2. The van der Waals surface area contributed by atoms with Crippen LogP contribution in [0.2, 0.25) is 0 Å². The van der Waals surface area contributed by atoms with Crippen molar-refractivity contribution in [2.75, 3.05) is 5.32 Å². The smallest absolute Gasteiger partial charge is 0.275 e. The van der Waals surface area contributed by atoms with Crippen LogP contribution in [0.3, 0.4) is 0 Å². The zero-order chi connectivity index (χ0) is 18.0. The Labute approximate surface area is 144 Å². The first kappa shape index (κ1) is 16.6. The third kappa shape index (κ3) is 3.47. The maximum Gasteiger partial charge on any atom is 0.275 e. The third-order valence-corrected chi connectivity index (χ3v) is 3.90. The van der Waals surface area contributed by atoms with E-state index in [-0.39, 0.29) is 23.8 Å². The predicted molar refractivity (Wildman–Crippen MR) is 95.8 cm³/mol. The molecule has 2 aromatic carbocycles. The number of nitrogens with zero attached hydrogens (tertiary/aromatic N) is 2. The van der Waals surface area contributed by atoms with Gasteiger partial charge in [0.05, 0.1) is 11.1 Å². The third-order valence-electron chi connectivity index (χ3n) is 3.90. The van der Waals surface area contributed by atoms with Gasteiger partial charge < -0.3 is 5.32 Å². The molecule has 0 aliphatic carbocycles. The second-order valence-electron chi connectivity index (χ2n) is 5.78. The van der Waals surface area contributed by atoms with E-state index in [2.05, 4.69) is 10.4 Å². The first-order chi connectivity index (χ1) is 12.0. The number of rotatable bonds is 4. The number of Topliss-reactive ketones (excluding diaryl/α,β-unsaturated/α-hetero) is 1. The molecule has 25 heavy (non-hydrogen) atoms. The second kappa shape index (κ2) is 6.68. The van der Waals surface area contributed by atoms with Gasteiger partial charge in [0.1, 0.15) is 6.54 Å². The van der Waals surface area contributed by atoms with Crippen LogP contribution in [0.1, 0.15) is 23.0 Å². The van der Waals surface area contributed by atoms with E-state index >= 15 is 0 Å². The lowest BCUT2D eigenvalue weighted by Gasteiger charge is -2.10. The van der Waals surface area contributed by atoms with Gasteiger partial charge in [-0.1, -0.05) is 30.3 Å². The van der Waals surface area contributed by atoms with E-state index in [1.165, 1.54) is 6.92 Å². The second-order valence-corrected chi connectivity index (χ2v) is 5.78. The molecule has 6 nitrogen and oxygen atoms in total. The van der Waals surface area contributed by atoms with Gasteiger partial charge in [-0.05, 0) is 32.0 Å². The van der Waals surface area contributed by atoms with Crippen molar-refractivity contribution in [2.45, 2.75) is 20.4 Å². The maximum absolute atomic E-state index is 12.5. The molecule has 0 aliphatic rings. The Morgan fingerprint density at radius 1 is 1.08 bits per heavy atom. The summed E-state index contributed by atoms with van der Waals surface area (Å²) in [6, 6.07) is 13.8. The Morgan fingerprint density at radius 2 is 1.80 bits per heavy atom. The summed E-state index contributed by atoms with van der Waals surface area (Å²) in [5.41, 5.74) is 1.38. The summed E-state index contributed by atoms with van der Waals surface area (Å²) >= 11 is 0. The van der Waals surface area contributed by atoms with Gasteiger partial charge in [-0.2, -0.15) is 5.10 Å². The molecule has 6 heteroatoms. The van der Waals surface area contributed by atoms with Crippen LogP contribution in [0.4, 0.5) is 5.69 Å². The quantitative estimate of drug-likeness (QED) is 0.743. The lowest BCUT2D eigenvalue weighted by atomic mass is 10.1. The molecule has 1 N–H and O–H groups in total. The molecule has 1 heterocycles. The van der Waals surface area contributed by atoms with E-state index < -0.39 is 0 Å². The number of amides is 1. The molecule has 0 saturated heterocycles. The van der Waals surface area contributed by atoms with Gasteiger partial charge in [0.15, 0.2) is 5.78 Å². The lowest BCUT2D eigenvalue weighted by molar-refractivity contribution is -0.117. The van der Waals surface area contributed by atoms with Gasteiger partial charge in [0.2, 0.25) is 5.91 Å². The summed E-state index contributed by atoms with van der Waals surface area (Å²) in [5.74, 6) is -0.468. The number of carbonyl (C=O) groups excluding carboxylic acids is 2. The number of hydrogen-bond donors (Lipinski definition) is 1. The summed E-state index contributed by atoms with van der Waals surface area (Å²) in [6.07, 6.45) is 0. The summed E-state index contributed by atoms with van der Waals surface area (Å²) in [6.45, 7) is 3.06. The fourth-order valence-electron chi connectivity index (χ4n) is 2.66. The van der Waals surface area contributed by atoms with Crippen LogP contribution in [0.25, 0.3) is 10.8 Å². The first-order valence-corrected chi connectivity index (χ1v) is 7.83. The number of aryl methyl sites for hydroxylation is 1. The van der Waals surface area contributed by atoms with Crippen molar-refractivity contribution in [2.24, 2.45) is 0 Å². The van der Waals surface area contributed by atoms with Crippen LogP contribution < -0.4 is 10.9 Å². The van der Waals surface area contributed by atoms with Gasteiger partial charge >= 0.3 is 0 Å². The van der Waals surface area contributed by atoms with Crippen molar-refractivity contribution in [1.82, 2.24) is 9.78 Å². The number of fused-ring (bicyclic) bond motifs is 1. The highest BCUT2D eigenvalue weighted by molar-refractivity contribution is 5.97. The summed E-state index contributed by atoms with van der Waals surface area (Å²) in [5, 5.41) is 8.21. The molecule has 1 aromatic heterocycles. The highest BCUT2D eigenvalue weighted by Crippen LogP contribution is 2.13. The van der Waals surface area contributed by atoms with E-state index in [1.54, 1.807) is 43.3 Å². The van der Waals surface area contributed by atoms with Crippen molar-refractivity contribution < 1.29 is 9.59 Å². The summed E-state index contributed by atoms with van der Waals surface area (Å²) in [4.78, 5) is 36.2. The molecular weight excluding hydrogens is 318 g/mol. The van der Waals surface area contributed by atoms with Crippen LogP contribution in [-0.4, -0.2) is 21.5 Å². The Balaban J connectivity index is 1.85. The van der Waals surface area contributed by atoms with E-state index in [0.717, 1.165) is 10.1 Å². The molecule has 0 saturated carbocycles. The molecule has 126 valence electrons. The molecule has 3 rings (SSSR count). The zero-order valence-corrected chi connectivity index (χ0v) is 13.9. The minimum atomic E-state index is -0.384. The number of nitrogens with one attached hydrogen (secondary N) is 1. The van der Waals surface area contributed by atoms with Crippen LogP contribution in [-0.2, 0) is 11.3 Å². The van der Waals surface area contributed by atoms with E-state index in [4.69, 9.17) is 0 Å². The maximum atomic E-state index is 12.5. The first-order valence-electron chi connectivity index (χ1n) is 7.83. The summed E-state index contributed by atoms with van der Waals surface area (Å²) in [7, 11) is 0. The number of aromatic nitrogens is 2. The molecule has 0 aliphatic heterocycles. The van der Waals surface area contributed by atoms with Crippen LogP contribution in [0.15, 0.2) is 53.3 Å². The van der Waals surface area contributed by atoms with Gasteiger partial charge in [0, 0.05) is 16.6 Å². The Morgan fingerprint density at radius 3 is 2.52 bits per heavy atom. The molecule has 0 radical (unpaired) electrons. The average Bonchev–Trinajstić information content (AvgIpc) is 2.59. The Hall–Kier alpha value is -3.28. The standard InChI is InChI=1S/C19H17N3O3/c1-12-16-8-3-4-9-17(16)19(25)22(21-12)11-18(24)20-15-7-5-6-14(10-15)13(2)23/h3-10H,11H2,1-2H3,(H,20,24). The lowest BCUT2D eigenvalue weighted by Crippen LogP contribution is -2.30. The van der Waals surface area contributed by atoms with E-state index in [1.807, 2.05) is 12.1 Å². The highest BCUT2D eigenvalue weighted by Gasteiger charge is 2.11. The molecule has 0 bridgehead atoms. The van der Waals surface area contributed by atoms with Gasteiger partial charge in [0.25, 0.3) is 5.56 Å². The molecule has 3 aromatic rings. The van der Waals surface area contributed by atoms with Crippen molar-refractivity contribution >= 4 is 28.2 Å². The topological polar surface area (TPSA) is 81.1 Å². The van der Waals surface area contributed by atoms with Gasteiger partial charge in [-0.25, -0.2) is 4.68 Å². The Bertz CT molecular complexity index is 1040. The summed E-state index contributed by atoms with van der Waals surface area (Å²) < 4.78 is 1.15. The number of ketones is 1. The van der Waals surface area contributed by atoms with Crippen LogP contribution >= 0.6 is 0 Å². The number of hydrogen-bond acceptors (Lipinski definition) is 4. The van der Waals surface area contributed by atoms with E-state index in [9.17, 15) is 14.4 Å². The molecule has 1 amide bonds. The predicted octanol–water partition coefficient (Wildman–Crippen LogP) is 2.55. The molecule has 0 unspecified atom stereocenters.